The summed E-state index contributed by atoms with van der Waals surface area (Å²) in [6.45, 7) is 10.2. The van der Waals surface area contributed by atoms with Gasteiger partial charge in [-0.2, -0.15) is 0 Å². The SMILES string of the molecule is CCCCN(CC)C(=O)CCc1c(C)nc(N2CCOCC2)[nH]c1=O. The molecular formula is C18H30N4O3. The van der Waals surface area contributed by atoms with E-state index >= 15 is 0 Å². The number of aromatic nitrogens is 2. The number of hydrogen-bond donors (Lipinski definition) is 1. The van der Waals surface area contributed by atoms with Gasteiger partial charge in [0.25, 0.3) is 5.56 Å². The highest BCUT2D eigenvalue weighted by Gasteiger charge is 2.18. The molecule has 0 radical (unpaired) electrons. The summed E-state index contributed by atoms with van der Waals surface area (Å²) < 4.78 is 5.33. The van der Waals surface area contributed by atoms with Crippen LogP contribution >= 0.6 is 0 Å². The molecule has 0 aromatic carbocycles. The number of anilines is 1. The molecule has 1 fully saturated rings. The minimum atomic E-state index is -0.140. The van der Waals surface area contributed by atoms with Crippen molar-refractivity contribution < 1.29 is 9.53 Å². The van der Waals surface area contributed by atoms with E-state index in [1.165, 1.54) is 0 Å². The van der Waals surface area contributed by atoms with Crippen molar-refractivity contribution in [3.63, 3.8) is 0 Å². The van der Waals surface area contributed by atoms with E-state index in [-0.39, 0.29) is 11.5 Å². The molecule has 25 heavy (non-hydrogen) atoms. The van der Waals surface area contributed by atoms with Crippen LogP contribution in [0.1, 0.15) is 44.4 Å². The molecule has 1 amide bonds. The normalized spacial score (nSPS) is 14.6. The van der Waals surface area contributed by atoms with Gasteiger partial charge in [-0.05, 0) is 26.7 Å². The van der Waals surface area contributed by atoms with Crippen LogP contribution in [0.4, 0.5) is 5.95 Å². The van der Waals surface area contributed by atoms with Crippen molar-refractivity contribution in [1.82, 2.24) is 14.9 Å². The topological polar surface area (TPSA) is 78.5 Å². The molecule has 0 bridgehead atoms. The highest BCUT2D eigenvalue weighted by Crippen LogP contribution is 2.12. The van der Waals surface area contributed by atoms with Crippen LogP contribution in [0.2, 0.25) is 0 Å². The summed E-state index contributed by atoms with van der Waals surface area (Å²) in [4.78, 5) is 36.1. The molecule has 140 valence electrons. The first-order chi connectivity index (χ1) is 12.1. The van der Waals surface area contributed by atoms with Gasteiger partial charge in [-0.3, -0.25) is 14.6 Å². The lowest BCUT2D eigenvalue weighted by molar-refractivity contribution is -0.131. The molecule has 1 aliphatic rings. The maximum absolute atomic E-state index is 12.4. The Labute approximate surface area is 149 Å². The van der Waals surface area contributed by atoms with Crippen LogP contribution in [0.15, 0.2) is 4.79 Å². The fourth-order valence-electron chi connectivity index (χ4n) is 3.01. The second kappa shape index (κ2) is 9.56. The summed E-state index contributed by atoms with van der Waals surface area (Å²) in [5.41, 5.74) is 1.17. The molecule has 0 unspecified atom stereocenters. The van der Waals surface area contributed by atoms with E-state index in [0.717, 1.165) is 32.5 Å². The van der Waals surface area contributed by atoms with Gasteiger partial charge in [-0.15, -0.1) is 0 Å². The van der Waals surface area contributed by atoms with Crippen molar-refractivity contribution in [2.75, 3.05) is 44.3 Å². The molecule has 2 heterocycles. The zero-order chi connectivity index (χ0) is 18.2. The van der Waals surface area contributed by atoms with Crippen LogP contribution in [0.5, 0.6) is 0 Å². The first kappa shape index (κ1) is 19.4. The number of ether oxygens (including phenoxy) is 1. The van der Waals surface area contributed by atoms with Gasteiger partial charge in [0.15, 0.2) is 0 Å². The lowest BCUT2D eigenvalue weighted by Crippen LogP contribution is -2.39. The lowest BCUT2D eigenvalue weighted by Gasteiger charge is -2.27. The molecule has 0 saturated carbocycles. The van der Waals surface area contributed by atoms with Crippen molar-refractivity contribution in [2.45, 2.75) is 46.5 Å². The monoisotopic (exact) mass is 350 g/mol. The number of amides is 1. The Morgan fingerprint density at radius 1 is 1.32 bits per heavy atom. The van der Waals surface area contributed by atoms with Crippen molar-refractivity contribution >= 4 is 11.9 Å². The van der Waals surface area contributed by atoms with Gasteiger partial charge in [-0.25, -0.2) is 4.98 Å². The summed E-state index contributed by atoms with van der Waals surface area (Å²) in [5.74, 6) is 0.700. The highest BCUT2D eigenvalue weighted by atomic mass is 16.5. The van der Waals surface area contributed by atoms with E-state index in [4.69, 9.17) is 4.74 Å². The zero-order valence-corrected chi connectivity index (χ0v) is 15.6. The molecule has 0 spiro atoms. The molecule has 0 atom stereocenters. The number of aromatic amines is 1. The number of carbonyl (C=O) groups is 1. The Morgan fingerprint density at radius 2 is 2.04 bits per heavy atom. The maximum Gasteiger partial charge on any atom is 0.255 e. The number of nitrogens with zero attached hydrogens (tertiary/aromatic N) is 3. The molecule has 1 aromatic rings. The molecule has 7 heteroatoms. The average Bonchev–Trinajstić information content (AvgIpc) is 2.62. The maximum atomic E-state index is 12.4. The van der Waals surface area contributed by atoms with Crippen molar-refractivity contribution in [1.29, 1.82) is 0 Å². The Hall–Kier alpha value is -1.89. The van der Waals surface area contributed by atoms with Gasteiger partial charge >= 0.3 is 0 Å². The van der Waals surface area contributed by atoms with Crippen LogP contribution in [0.3, 0.4) is 0 Å². The van der Waals surface area contributed by atoms with E-state index in [1.807, 2.05) is 23.6 Å². The van der Waals surface area contributed by atoms with E-state index in [1.54, 1.807) is 0 Å². The quantitative estimate of drug-likeness (QED) is 0.769. The van der Waals surface area contributed by atoms with Crippen molar-refractivity contribution in [2.24, 2.45) is 0 Å². The number of unbranched alkanes of at least 4 members (excludes halogenated alkanes) is 1. The third-order valence-corrected chi connectivity index (χ3v) is 4.63. The van der Waals surface area contributed by atoms with Gasteiger partial charge in [0.1, 0.15) is 0 Å². The van der Waals surface area contributed by atoms with Crippen LogP contribution < -0.4 is 10.5 Å². The van der Waals surface area contributed by atoms with E-state index in [2.05, 4.69) is 16.9 Å². The minimum absolute atomic E-state index is 0.104. The van der Waals surface area contributed by atoms with Gasteiger partial charge in [-0.1, -0.05) is 13.3 Å². The number of carbonyl (C=O) groups excluding carboxylic acids is 1. The average molecular weight is 350 g/mol. The Morgan fingerprint density at radius 3 is 2.64 bits per heavy atom. The second-order valence-corrected chi connectivity index (χ2v) is 6.38. The summed E-state index contributed by atoms with van der Waals surface area (Å²) in [5, 5.41) is 0. The molecule has 7 nitrogen and oxygen atoms in total. The number of aryl methyl sites for hydroxylation is 1. The van der Waals surface area contributed by atoms with Gasteiger partial charge in [0.05, 0.1) is 13.2 Å². The molecule has 1 aliphatic heterocycles. The predicted molar refractivity (Wildman–Crippen MR) is 98.1 cm³/mol. The summed E-state index contributed by atoms with van der Waals surface area (Å²) in [6, 6.07) is 0. The number of nitrogens with one attached hydrogen (secondary N) is 1. The smallest absolute Gasteiger partial charge is 0.255 e. The van der Waals surface area contributed by atoms with Gasteiger partial charge in [0.2, 0.25) is 11.9 Å². The number of morpholine rings is 1. The van der Waals surface area contributed by atoms with Crippen molar-refractivity contribution in [3.05, 3.63) is 21.6 Å². The van der Waals surface area contributed by atoms with Crippen molar-refractivity contribution in [3.8, 4) is 0 Å². The lowest BCUT2D eigenvalue weighted by atomic mass is 10.1. The molecule has 1 aromatic heterocycles. The standard InChI is InChI=1S/C18H30N4O3/c1-4-6-9-21(5-2)16(23)8-7-15-14(3)19-18(20-17(15)24)22-10-12-25-13-11-22/h4-13H2,1-3H3,(H,19,20,24). The third kappa shape index (κ3) is 5.29. The Balaban J connectivity index is 2.02. The predicted octanol–water partition coefficient (Wildman–Crippen LogP) is 1.50. The van der Waals surface area contributed by atoms with Crippen LogP contribution in [-0.4, -0.2) is 60.2 Å². The number of rotatable bonds is 8. The first-order valence-corrected chi connectivity index (χ1v) is 9.27. The Bertz CT molecular complexity index is 623. The summed E-state index contributed by atoms with van der Waals surface area (Å²) >= 11 is 0. The largest absolute Gasteiger partial charge is 0.378 e. The molecular weight excluding hydrogens is 320 g/mol. The van der Waals surface area contributed by atoms with Gasteiger partial charge < -0.3 is 14.5 Å². The van der Waals surface area contributed by atoms with Crippen LogP contribution in [0, 0.1) is 6.92 Å². The number of hydrogen-bond acceptors (Lipinski definition) is 5. The van der Waals surface area contributed by atoms with E-state index < -0.39 is 0 Å². The summed E-state index contributed by atoms with van der Waals surface area (Å²) in [7, 11) is 0. The first-order valence-electron chi connectivity index (χ1n) is 9.27. The second-order valence-electron chi connectivity index (χ2n) is 6.38. The third-order valence-electron chi connectivity index (χ3n) is 4.63. The number of H-pyrrole nitrogens is 1. The Kier molecular flexibility index (Phi) is 7.43. The molecule has 0 aliphatic carbocycles. The zero-order valence-electron chi connectivity index (χ0n) is 15.6. The van der Waals surface area contributed by atoms with E-state index in [0.29, 0.717) is 49.8 Å². The molecule has 2 rings (SSSR count). The van der Waals surface area contributed by atoms with Gasteiger partial charge in [0, 0.05) is 43.9 Å². The fourth-order valence-corrected chi connectivity index (χ4v) is 3.01. The minimum Gasteiger partial charge on any atom is -0.378 e. The highest BCUT2D eigenvalue weighted by molar-refractivity contribution is 5.76. The van der Waals surface area contributed by atoms with E-state index in [9.17, 15) is 9.59 Å². The van der Waals surface area contributed by atoms with Crippen LogP contribution in [0.25, 0.3) is 0 Å². The fraction of sp³-hybridized carbons (Fsp3) is 0.722. The summed E-state index contributed by atoms with van der Waals surface area (Å²) in [6.07, 6.45) is 2.85. The van der Waals surface area contributed by atoms with Crippen LogP contribution in [-0.2, 0) is 16.0 Å². The molecule has 1 N–H and O–H groups in total. The molecule has 1 saturated heterocycles.